The molecule has 1 aromatic rings. The van der Waals surface area contributed by atoms with Crippen molar-refractivity contribution < 1.29 is 14.2 Å². The van der Waals surface area contributed by atoms with Crippen LogP contribution in [0.3, 0.4) is 0 Å². The van der Waals surface area contributed by atoms with Crippen molar-refractivity contribution in [3.8, 4) is 5.75 Å². The van der Waals surface area contributed by atoms with E-state index < -0.39 is 0 Å². The molecule has 1 aromatic carbocycles. The molecule has 1 heterocycles. The van der Waals surface area contributed by atoms with Crippen molar-refractivity contribution in [3.05, 3.63) is 23.8 Å². The standard InChI is InChI=1S/C13H19NO3/c1-15-8-9-16-7-5-14-12-2-3-13-11(10-12)4-6-17-13/h2-3,10,14H,4-9H2,1H3. The molecule has 4 nitrogen and oxygen atoms in total. The van der Waals surface area contributed by atoms with E-state index in [4.69, 9.17) is 14.2 Å². The number of ether oxygens (including phenoxy) is 3. The van der Waals surface area contributed by atoms with Crippen LogP contribution in [0.4, 0.5) is 5.69 Å². The van der Waals surface area contributed by atoms with Gasteiger partial charge in [0.05, 0.1) is 26.4 Å². The minimum absolute atomic E-state index is 0.649. The summed E-state index contributed by atoms with van der Waals surface area (Å²) in [6.45, 7) is 3.60. The zero-order valence-electron chi connectivity index (χ0n) is 10.2. The first kappa shape index (κ1) is 12.2. The van der Waals surface area contributed by atoms with Crippen LogP contribution < -0.4 is 10.1 Å². The van der Waals surface area contributed by atoms with Crippen molar-refractivity contribution >= 4 is 5.69 Å². The van der Waals surface area contributed by atoms with E-state index in [1.165, 1.54) is 5.56 Å². The third-order valence-electron chi connectivity index (χ3n) is 2.70. The predicted octanol–water partition coefficient (Wildman–Crippen LogP) is 1.70. The topological polar surface area (TPSA) is 39.7 Å². The summed E-state index contributed by atoms with van der Waals surface area (Å²) in [5.41, 5.74) is 2.42. The molecule has 1 aliphatic heterocycles. The van der Waals surface area contributed by atoms with Gasteiger partial charge in [-0.3, -0.25) is 0 Å². The number of fused-ring (bicyclic) bond motifs is 1. The molecule has 0 aliphatic carbocycles. The molecule has 0 fully saturated rings. The van der Waals surface area contributed by atoms with Gasteiger partial charge >= 0.3 is 0 Å². The zero-order chi connectivity index (χ0) is 11.9. The fourth-order valence-electron chi connectivity index (χ4n) is 1.81. The molecule has 0 unspecified atom stereocenters. The lowest BCUT2D eigenvalue weighted by molar-refractivity contribution is 0.0759. The van der Waals surface area contributed by atoms with E-state index >= 15 is 0 Å². The maximum absolute atomic E-state index is 5.46. The van der Waals surface area contributed by atoms with Crippen LogP contribution in [0.5, 0.6) is 5.75 Å². The average molecular weight is 237 g/mol. The number of nitrogens with one attached hydrogen (secondary N) is 1. The van der Waals surface area contributed by atoms with Gasteiger partial charge in [0.15, 0.2) is 0 Å². The summed E-state index contributed by atoms with van der Waals surface area (Å²) in [4.78, 5) is 0. The second kappa shape index (κ2) is 6.47. The summed E-state index contributed by atoms with van der Waals surface area (Å²) in [5.74, 6) is 1.02. The Bertz CT molecular complexity index is 355. The monoisotopic (exact) mass is 237 g/mol. The summed E-state index contributed by atoms with van der Waals surface area (Å²) in [6, 6.07) is 6.22. The molecule has 0 saturated heterocycles. The van der Waals surface area contributed by atoms with Crippen molar-refractivity contribution in [2.75, 3.05) is 45.4 Å². The number of hydrogen-bond donors (Lipinski definition) is 1. The highest BCUT2D eigenvalue weighted by atomic mass is 16.5. The molecule has 2 rings (SSSR count). The van der Waals surface area contributed by atoms with Gasteiger partial charge in [0.2, 0.25) is 0 Å². The molecule has 0 bridgehead atoms. The van der Waals surface area contributed by atoms with E-state index in [2.05, 4.69) is 11.4 Å². The van der Waals surface area contributed by atoms with Gasteiger partial charge in [0, 0.05) is 25.8 Å². The smallest absolute Gasteiger partial charge is 0.122 e. The summed E-state index contributed by atoms with van der Waals surface area (Å²) >= 11 is 0. The number of rotatable bonds is 7. The van der Waals surface area contributed by atoms with Crippen molar-refractivity contribution in [1.82, 2.24) is 0 Å². The summed E-state index contributed by atoms with van der Waals surface area (Å²) < 4.78 is 15.7. The number of hydrogen-bond acceptors (Lipinski definition) is 4. The van der Waals surface area contributed by atoms with Crippen LogP contribution >= 0.6 is 0 Å². The van der Waals surface area contributed by atoms with Crippen molar-refractivity contribution in [2.45, 2.75) is 6.42 Å². The largest absolute Gasteiger partial charge is 0.493 e. The Morgan fingerprint density at radius 2 is 2.24 bits per heavy atom. The number of benzene rings is 1. The second-order valence-electron chi connectivity index (χ2n) is 3.95. The normalized spacial score (nSPS) is 13.2. The highest BCUT2D eigenvalue weighted by Crippen LogP contribution is 2.27. The van der Waals surface area contributed by atoms with Gasteiger partial charge in [-0.05, 0) is 23.8 Å². The molecular formula is C13H19NO3. The molecule has 4 heteroatoms. The van der Waals surface area contributed by atoms with Gasteiger partial charge in [0.1, 0.15) is 5.75 Å². The molecule has 0 saturated carbocycles. The van der Waals surface area contributed by atoms with E-state index in [0.29, 0.717) is 19.8 Å². The van der Waals surface area contributed by atoms with Crippen LogP contribution in [0, 0.1) is 0 Å². The highest BCUT2D eigenvalue weighted by Gasteiger charge is 2.11. The van der Waals surface area contributed by atoms with E-state index in [9.17, 15) is 0 Å². The molecule has 94 valence electrons. The van der Waals surface area contributed by atoms with Crippen LogP contribution in [-0.2, 0) is 15.9 Å². The van der Waals surface area contributed by atoms with E-state index in [-0.39, 0.29) is 0 Å². The minimum Gasteiger partial charge on any atom is -0.493 e. The molecule has 17 heavy (non-hydrogen) atoms. The van der Waals surface area contributed by atoms with Gasteiger partial charge in [-0.2, -0.15) is 0 Å². The Hall–Kier alpha value is -1.26. The summed E-state index contributed by atoms with van der Waals surface area (Å²) in [7, 11) is 1.67. The Morgan fingerprint density at radius 1 is 1.29 bits per heavy atom. The Balaban J connectivity index is 1.69. The van der Waals surface area contributed by atoms with Crippen LogP contribution in [0.15, 0.2) is 18.2 Å². The van der Waals surface area contributed by atoms with Crippen molar-refractivity contribution in [1.29, 1.82) is 0 Å². The molecule has 1 aliphatic rings. The Labute approximate surface area is 102 Å². The SMILES string of the molecule is COCCOCCNc1ccc2c(c1)CCO2. The van der Waals surface area contributed by atoms with Gasteiger partial charge in [-0.15, -0.1) is 0 Å². The van der Waals surface area contributed by atoms with Crippen molar-refractivity contribution in [3.63, 3.8) is 0 Å². The van der Waals surface area contributed by atoms with Gasteiger partial charge in [-0.25, -0.2) is 0 Å². The molecule has 0 spiro atoms. The lowest BCUT2D eigenvalue weighted by atomic mass is 10.1. The minimum atomic E-state index is 0.649. The fraction of sp³-hybridized carbons (Fsp3) is 0.538. The maximum Gasteiger partial charge on any atom is 0.122 e. The molecule has 0 aromatic heterocycles. The lowest BCUT2D eigenvalue weighted by Crippen LogP contribution is -2.11. The van der Waals surface area contributed by atoms with Crippen molar-refractivity contribution in [2.24, 2.45) is 0 Å². The fourth-order valence-corrected chi connectivity index (χ4v) is 1.81. The highest BCUT2D eigenvalue weighted by molar-refractivity contribution is 5.52. The third kappa shape index (κ3) is 3.61. The first-order valence-electron chi connectivity index (χ1n) is 5.96. The van der Waals surface area contributed by atoms with E-state index in [0.717, 1.165) is 31.0 Å². The molecule has 0 amide bonds. The first-order chi connectivity index (χ1) is 8.40. The summed E-state index contributed by atoms with van der Waals surface area (Å²) in [5, 5.41) is 3.33. The van der Waals surface area contributed by atoms with Crippen LogP contribution in [-0.4, -0.2) is 40.1 Å². The predicted molar refractivity (Wildman–Crippen MR) is 66.8 cm³/mol. The molecule has 1 N–H and O–H groups in total. The average Bonchev–Trinajstić information content (AvgIpc) is 2.81. The zero-order valence-corrected chi connectivity index (χ0v) is 10.2. The molecular weight excluding hydrogens is 218 g/mol. The van der Waals surface area contributed by atoms with Crippen LogP contribution in [0.25, 0.3) is 0 Å². The third-order valence-corrected chi connectivity index (χ3v) is 2.70. The van der Waals surface area contributed by atoms with Gasteiger partial charge in [-0.1, -0.05) is 0 Å². The van der Waals surface area contributed by atoms with Gasteiger partial charge < -0.3 is 19.5 Å². The quantitative estimate of drug-likeness (QED) is 0.733. The maximum atomic E-state index is 5.46. The first-order valence-corrected chi connectivity index (χ1v) is 5.96. The van der Waals surface area contributed by atoms with Crippen LogP contribution in [0.1, 0.15) is 5.56 Å². The second-order valence-corrected chi connectivity index (χ2v) is 3.95. The Morgan fingerprint density at radius 3 is 3.12 bits per heavy atom. The lowest BCUT2D eigenvalue weighted by Gasteiger charge is -2.08. The number of anilines is 1. The van der Waals surface area contributed by atoms with Crippen LogP contribution in [0.2, 0.25) is 0 Å². The van der Waals surface area contributed by atoms with E-state index in [1.54, 1.807) is 7.11 Å². The number of methoxy groups -OCH3 is 1. The summed E-state index contributed by atoms with van der Waals surface area (Å²) in [6.07, 6.45) is 1.01. The molecule has 0 radical (unpaired) electrons. The molecule has 0 atom stereocenters. The van der Waals surface area contributed by atoms with E-state index in [1.807, 2.05) is 12.1 Å². The Kier molecular flexibility index (Phi) is 4.64. The van der Waals surface area contributed by atoms with Gasteiger partial charge in [0.25, 0.3) is 0 Å².